The van der Waals surface area contributed by atoms with Crippen molar-refractivity contribution in [1.82, 2.24) is 4.90 Å². The summed E-state index contributed by atoms with van der Waals surface area (Å²) in [6, 6.07) is 7.06. The Labute approximate surface area is 124 Å². The summed E-state index contributed by atoms with van der Waals surface area (Å²) in [6.45, 7) is 1.76. The molecule has 0 bridgehead atoms. The molecule has 21 heavy (non-hydrogen) atoms. The van der Waals surface area contributed by atoms with Gasteiger partial charge in [0.15, 0.2) is 0 Å². The van der Waals surface area contributed by atoms with E-state index in [1.54, 1.807) is 12.0 Å². The summed E-state index contributed by atoms with van der Waals surface area (Å²) in [5, 5.41) is 0. The lowest BCUT2D eigenvalue weighted by atomic mass is 10.1. The van der Waals surface area contributed by atoms with Gasteiger partial charge in [-0.25, -0.2) is 0 Å². The minimum atomic E-state index is -0.626. The second-order valence-electron chi connectivity index (χ2n) is 4.98. The quantitative estimate of drug-likeness (QED) is 0.859. The molecule has 2 rings (SSSR count). The highest BCUT2D eigenvalue weighted by atomic mass is 16.5. The van der Waals surface area contributed by atoms with E-state index in [2.05, 4.69) is 0 Å². The first-order valence-corrected chi connectivity index (χ1v) is 6.94. The molecule has 0 spiro atoms. The Balaban J connectivity index is 2.04. The maximum Gasteiger partial charge on any atom is 0.242 e. The number of nitrogens with zero attached hydrogens (tertiary/aromatic N) is 1. The summed E-state index contributed by atoms with van der Waals surface area (Å²) in [5.41, 5.74) is 6.80. The monoisotopic (exact) mass is 294 g/mol. The van der Waals surface area contributed by atoms with Crippen LogP contribution in [-0.2, 0) is 14.3 Å². The lowest BCUT2D eigenvalue weighted by Gasteiger charge is -2.34. The van der Waals surface area contributed by atoms with Gasteiger partial charge in [-0.3, -0.25) is 4.79 Å². The molecule has 1 saturated heterocycles. The van der Waals surface area contributed by atoms with E-state index >= 15 is 0 Å². The van der Waals surface area contributed by atoms with Gasteiger partial charge in [0, 0.05) is 13.7 Å². The van der Waals surface area contributed by atoms with Crippen molar-refractivity contribution in [3.8, 4) is 5.75 Å². The van der Waals surface area contributed by atoms with Gasteiger partial charge >= 0.3 is 0 Å². The van der Waals surface area contributed by atoms with Crippen molar-refractivity contribution in [2.24, 2.45) is 5.73 Å². The number of hydrogen-bond donors (Lipinski definition) is 1. The molecule has 2 unspecified atom stereocenters. The van der Waals surface area contributed by atoms with Crippen molar-refractivity contribution in [3.05, 3.63) is 29.8 Å². The van der Waals surface area contributed by atoms with Gasteiger partial charge in [-0.2, -0.15) is 0 Å². The van der Waals surface area contributed by atoms with E-state index < -0.39 is 6.04 Å². The predicted octanol–water partition coefficient (Wildman–Crippen LogP) is 0.569. The molecule has 0 aromatic heterocycles. The third-order valence-electron chi connectivity index (χ3n) is 3.51. The molecular weight excluding hydrogens is 272 g/mol. The van der Waals surface area contributed by atoms with Crippen molar-refractivity contribution >= 4 is 5.91 Å². The molecule has 6 heteroatoms. The van der Waals surface area contributed by atoms with E-state index in [-0.39, 0.29) is 18.6 Å². The molecule has 2 atom stereocenters. The Kier molecular flexibility index (Phi) is 5.55. The van der Waals surface area contributed by atoms with Crippen LogP contribution in [0.5, 0.6) is 5.75 Å². The van der Waals surface area contributed by atoms with Crippen LogP contribution < -0.4 is 10.5 Å². The highest BCUT2D eigenvalue weighted by Crippen LogP contribution is 2.25. The maximum absolute atomic E-state index is 12.2. The van der Waals surface area contributed by atoms with E-state index in [1.807, 2.05) is 24.3 Å². The zero-order valence-corrected chi connectivity index (χ0v) is 12.5. The molecule has 1 amide bonds. The van der Waals surface area contributed by atoms with Gasteiger partial charge in [0.05, 0.1) is 26.9 Å². The standard InChI is InChI=1S/C15H22N2O4/c1-19-10-13(16)15(18)17-6-7-21-14(9-17)11-4-3-5-12(8-11)20-2/h3-5,8,13-14H,6-7,9-10,16H2,1-2H3. The lowest BCUT2D eigenvalue weighted by Crippen LogP contribution is -2.50. The van der Waals surface area contributed by atoms with Crippen molar-refractivity contribution < 1.29 is 19.0 Å². The number of morpholine rings is 1. The summed E-state index contributed by atoms with van der Waals surface area (Å²) >= 11 is 0. The summed E-state index contributed by atoms with van der Waals surface area (Å²) in [7, 11) is 3.16. The van der Waals surface area contributed by atoms with Crippen molar-refractivity contribution in [3.63, 3.8) is 0 Å². The summed E-state index contributed by atoms with van der Waals surface area (Å²) in [4.78, 5) is 14.0. The number of carbonyl (C=O) groups is 1. The number of ether oxygens (including phenoxy) is 3. The normalized spacial score (nSPS) is 20.1. The van der Waals surface area contributed by atoms with Crippen molar-refractivity contribution in [1.29, 1.82) is 0 Å². The number of hydrogen-bond acceptors (Lipinski definition) is 5. The van der Waals surface area contributed by atoms with Gasteiger partial charge in [0.2, 0.25) is 5.91 Å². The van der Waals surface area contributed by atoms with Gasteiger partial charge in [0.25, 0.3) is 0 Å². The number of amides is 1. The minimum absolute atomic E-state index is 0.104. The predicted molar refractivity (Wildman–Crippen MR) is 78.1 cm³/mol. The van der Waals surface area contributed by atoms with E-state index in [0.717, 1.165) is 11.3 Å². The fourth-order valence-electron chi connectivity index (χ4n) is 2.38. The molecule has 0 radical (unpaired) electrons. The van der Waals surface area contributed by atoms with Crippen LogP contribution in [0.1, 0.15) is 11.7 Å². The van der Waals surface area contributed by atoms with E-state index in [9.17, 15) is 4.79 Å². The molecule has 6 nitrogen and oxygen atoms in total. The van der Waals surface area contributed by atoms with Crippen molar-refractivity contribution in [2.75, 3.05) is 40.5 Å². The van der Waals surface area contributed by atoms with Gasteiger partial charge in [0.1, 0.15) is 17.9 Å². The molecule has 116 valence electrons. The number of carbonyl (C=O) groups excluding carboxylic acids is 1. The first-order valence-electron chi connectivity index (χ1n) is 6.94. The number of methoxy groups -OCH3 is 2. The van der Waals surface area contributed by atoms with Gasteiger partial charge < -0.3 is 24.8 Å². The van der Waals surface area contributed by atoms with Crippen LogP contribution in [0, 0.1) is 0 Å². The highest BCUT2D eigenvalue weighted by Gasteiger charge is 2.28. The van der Waals surface area contributed by atoms with Crippen LogP contribution in [0.4, 0.5) is 0 Å². The number of rotatable bonds is 5. The summed E-state index contributed by atoms with van der Waals surface area (Å²) in [5.74, 6) is 0.670. The smallest absolute Gasteiger partial charge is 0.242 e. The molecule has 0 saturated carbocycles. The second kappa shape index (κ2) is 7.40. The largest absolute Gasteiger partial charge is 0.497 e. The molecule has 1 aromatic carbocycles. The molecule has 1 aliphatic heterocycles. The molecule has 1 heterocycles. The Morgan fingerprint density at radius 2 is 2.33 bits per heavy atom. The molecule has 1 fully saturated rings. The second-order valence-corrected chi connectivity index (χ2v) is 4.98. The molecule has 0 aliphatic carbocycles. The number of nitrogens with two attached hydrogens (primary N) is 1. The first kappa shape index (κ1) is 15.8. The molecular formula is C15H22N2O4. The number of benzene rings is 1. The van der Waals surface area contributed by atoms with Crippen LogP contribution in [0.3, 0.4) is 0 Å². The zero-order chi connectivity index (χ0) is 15.2. The summed E-state index contributed by atoms with van der Waals surface area (Å²) < 4.78 is 15.9. The van der Waals surface area contributed by atoms with Crippen LogP contribution in [0.25, 0.3) is 0 Å². The van der Waals surface area contributed by atoms with E-state index in [4.69, 9.17) is 19.9 Å². The average molecular weight is 294 g/mol. The van der Waals surface area contributed by atoms with E-state index in [0.29, 0.717) is 19.7 Å². The van der Waals surface area contributed by atoms with Gasteiger partial charge in [-0.05, 0) is 17.7 Å². The maximum atomic E-state index is 12.2. The van der Waals surface area contributed by atoms with Gasteiger partial charge in [-0.15, -0.1) is 0 Å². The fourth-order valence-corrected chi connectivity index (χ4v) is 2.38. The SMILES string of the molecule is COCC(N)C(=O)N1CCOC(c2cccc(OC)c2)C1. The van der Waals surface area contributed by atoms with Gasteiger partial charge in [-0.1, -0.05) is 12.1 Å². The van der Waals surface area contributed by atoms with Crippen LogP contribution in [-0.4, -0.2) is 57.4 Å². The Hall–Kier alpha value is -1.63. The molecule has 2 N–H and O–H groups in total. The highest BCUT2D eigenvalue weighted by molar-refractivity contribution is 5.82. The fraction of sp³-hybridized carbons (Fsp3) is 0.533. The van der Waals surface area contributed by atoms with Crippen LogP contribution >= 0.6 is 0 Å². The third kappa shape index (κ3) is 3.93. The Morgan fingerprint density at radius 3 is 3.05 bits per heavy atom. The molecule has 1 aromatic rings. The first-order chi connectivity index (χ1) is 10.2. The summed E-state index contributed by atoms with van der Waals surface area (Å²) in [6.07, 6.45) is -0.160. The van der Waals surface area contributed by atoms with Crippen molar-refractivity contribution in [2.45, 2.75) is 12.1 Å². The average Bonchev–Trinajstić information content (AvgIpc) is 2.54. The minimum Gasteiger partial charge on any atom is -0.497 e. The lowest BCUT2D eigenvalue weighted by molar-refractivity contribution is -0.141. The molecule has 1 aliphatic rings. The Morgan fingerprint density at radius 1 is 1.52 bits per heavy atom. The van der Waals surface area contributed by atoms with Crippen LogP contribution in [0.15, 0.2) is 24.3 Å². The topological polar surface area (TPSA) is 74.0 Å². The van der Waals surface area contributed by atoms with Crippen LogP contribution in [0.2, 0.25) is 0 Å². The zero-order valence-electron chi connectivity index (χ0n) is 12.5. The Bertz CT molecular complexity index is 480. The third-order valence-corrected chi connectivity index (χ3v) is 3.51. The van der Waals surface area contributed by atoms with E-state index in [1.165, 1.54) is 7.11 Å².